The molecule has 1 N–H and O–H groups in total. The molecule has 0 aliphatic heterocycles. The Hall–Kier alpha value is -4.35. The van der Waals surface area contributed by atoms with E-state index in [1.165, 1.54) is 16.5 Å². The fourth-order valence-electron chi connectivity index (χ4n) is 6.04. The highest BCUT2D eigenvalue weighted by molar-refractivity contribution is 5.87. The summed E-state index contributed by atoms with van der Waals surface area (Å²) in [5.74, 6) is 1.48. The second-order valence-electron chi connectivity index (χ2n) is 11.6. The number of nitrogens with zero attached hydrogens (tertiary/aromatic N) is 2. The number of fused-ring (bicyclic) bond motifs is 1. The summed E-state index contributed by atoms with van der Waals surface area (Å²) in [5.41, 5.74) is 4.62. The number of carbonyl (C=O) groups excluding carboxylic acids is 1. The lowest BCUT2D eigenvalue weighted by atomic mass is 9.87. The lowest BCUT2D eigenvalue weighted by Crippen LogP contribution is -2.34. The molecule has 0 radical (unpaired) electrons. The first-order valence-electron chi connectivity index (χ1n) is 16.0. The average Bonchev–Trinajstić information content (AvgIpc) is 3.41. The van der Waals surface area contributed by atoms with Crippen molar-refractivity contribution in [2.45, 2.75) is 58.5 Å². The van der Waals surface area contributed by atoms with E-state index in [1.807, 2.05) is 48.5 Å². The number of ether oxygens (including phenoxy) is 1. The molecule has 4 aromatic carbocycles. The first-order chi connectivity index (χ1) is 21.5. The zero-order valence-corrected chi connectivity index (χ0v) is 26.3. The van der Waals surface area contributed by atoms with Crippen LogP contribution in [0.25, 0.3) is 10.9 Å². The molecule has 0 fully saturated rings. The maximum absolute atomic E-state index is 13.7. The van der Waals surface area contributed by atoms with Crippen LogP contribution in [0.1, 0.15) is 62.6 Å². The Morgan fingerprint density at radius 3 is 2.27 bits per heavy atom. The summed E-state index contributed by atoms with van der Waals surface area (Å²) in [6.45, 7) is 10.5. The molecule has 0 spiro atoms. The van der Waals surface area contributed by atoms with Crippen molar-refractivity contribution in [2.75, 3.05) is 19.6 Å². The van der Waals surface area contributed by atoms with Gasteiger partial charge in [0.15, 0.2) is 0 Å². The molecule has 2 atom stereocenters. The molecule has 2 unspecified atom stereocenters. The van der Waals surface area contributed by atoms with Gasteiger partial charge in [0.2, 0.25) is 5.91 Å². The Balaban J connectivity index is 1.44. The summed E-state index contributed by atoms with van der Waals surface area (Å²) >= 11 is 0. The van der Waals surface area contributed by atoms with E-state index in [4.69, 9.17) is 4.74 Å². The number of aromatic nitrogens is 1. The maximum Gasteiger partial charge on any atom is 0.221 e. The Labute approximate surface area is 262 Å². The molecular weight excluding hydrogens is 542 g/mol. The zero-order chi connectivity index (χ0) is 30.7. The Bertz CT molecular complexity index is 1610. The number of hydrogen-bond donors (Lipinski definition) is 1. The normalized spacial score (nSPS) is 12.7. The Kier molecular flexibility index (Phi) is 10.9. The van der Waals surface area contributed by atoms with Crippen LogP contribution in [0.2, 0.25) is 0 Å². The van der Waals surface area contributed by atoms with Gasteiger partial charge in [0, 0.05) is 42.0 Å². The summed E-state index contributed by atoms with van der Waals surface area (Å²) in [6.07, 6.45) is 4.63. The predicted molar refractivity (Wildman–Crippen MR) is 182 cm³/mol. The lowest BCUT2D eigenvalue weighted by Gasteiger charge is -2.22. The molecule has 0 aliphatic carbocycles. The summed E-state index contributed by atoms with van der Waals surface area (Å²) in [6, 6.07) is 37.2. The van der Waals surface area contributed by atoms with E-state index >= 15 is 0 Å². The molecular formula is C39H45N3O2. The monoisotopic (exact) mass is 587 g/mol. The number of para-hydroxylation sites is 2. The summed E-state index contributed by atoms with van der Waals surface area (Å²) in [7, 11) is 0. The summed E-state index contributed by atoms with van der Waals surface area (Å²) in [5, 5.41) is 4.48. The van der Waals surface area contributed by atoms with Gasteiger partial charge in [0.1, 0.15) is 11.5 Å². The van der Waals surface area contributed by atoms with E-state index in [9.17, 15) is 4.79 Å². The topological polar surface area (TPSA) is 46.5 Å². The van der Waals surface area contributed by atoms with Crippen LogP contribution >= 0.6 is 0 Å². The third kappa shape index (κ3) is 8.18. The van der Waals surface area contributed by atoms with Crippen molar-refractivity contribution in [3.63, 3.8) is 0 Å². The molecule has 5 rings (SSSR count). The highest BCUT2D eigenvalue weighted by Gasteiger charge is 2.24. The second kappa shape index (κ2) is 15.4. The van der Waals surface area contributed by atoms with Gasteiger partial charge in [-0.15, -0.1) is 0 Å². The molecule has 1 heterocycles. The van der Waals surface area contributed by atoms with Gasteiger partial charge in [0.05, 0.1) is 0 Å². The van der Waals surface area contributed by atoms with Crippen LogP contribution in [0.5, 0.6) is 11.5 Å². The number of amides is 1. The highest BCUT2D eigenvalue weighted by atomic mass is 16.5. The van der Waals surface area contributed by atoms with Crippen LogP contribution in [-0.4, -0.2) is 41.1 Å². The van der Waals surface area contributed by atoms with Gasteiger partial charge in [-0.2, -0.15) is 0 Å². The van der Waals surface area contributed by atoms with E-state index < -0.39 is 0 Å². The number of carbonyl (C=O) groups is 1. The smallest absolute Gasteiger partial charge is 0.221 e. The second-order valence-corrected chi connectivity index (χ2v) is 11.6. The minimum absolute atomic E-state index is 0.0691. The van der Waals surface area contributed by atoms with Crippen molar-refractivity contribution >= 4 is 16.8 Å². The Morgan fingerprint density at radius 1 is 0.841 bits per heavy atom. The molecule has 5 heteroatoms. The molecule has 228 valence electrons. The van der Waals surface area contributed by atoms with Crippen molar-refractivity contribution in [3.05, 3.63) is 132 Å². The number of hydrogen-bond acceptors (Lipinski definition) is 3. The molecule has 1 aromatic heterocycles. The van der Waals surface area contributed by atoms with Crippen molar-refractivity contribution in [2.24, 2.45) is 0 Å². The zero-order valence-electron chi connectivity index (χ0n) is 26.3. The van der Waals surface area contributed by atoms with Gasteiger partial charge in [-0.3, -0.25) is 4.79 Å². The van der Waals surface area contributed by atoms with Crippen LogP contribution in [0.15, 0.2) is 115 Å². The fourth-order valence-corrected chi connectivity index (χ4v) is 6.04. The Morgan fingerprint density at radius 2 is 1.52 bits per heavy atom. The first kappa shape index (κ1) is 31.1. The third-order valence-electron chi connectivity index (χ3n) is 8.43. The SMILES string of the molecule is CCN(CC)CCCC(C)NC(=O)CC(c1cccc(Oc2ccccc2)c1)c1cn(Cc2ccccc2)c2ccccc12. The van der Waals surface area contributed by atoms with Crippen molar-refractivity contribution in [1.82, 2.24) is 14.8 Å². The standard InChI is InChI=1S/C39H45N3O2/c1-4-41(5-2)25-15-16-30(3)40-39(43)27-36(32-19-14-22-34(26-32)44-33-20-10-7-11-21-33)37-29-42(28-31-17-8-6-9-18-31)38-24-13-12-23-35(37)38/h6-14,17-24,26,29-30,36H,4-5,15-16,25,27-28H2,1-3H3,(H,40,43). The molecule has 1 amide bonds. The quantitative estimate of drug-likeness (QED) is 0.133. The van der Waals surface area contributed by atoms with Crippen molar-refractivity contribution in [3.8, 4) is 11.5 Å². The minimum Gasteiger partial charge on any atom is -0.457 e. The van der Waals surface area contributed by atoms with E-state index in [0.717, 1.165) is 61.6 Å². The van der Waals surface area contributed by atoms with E-state index in [2.05, 4.69) is 102 Å². The number of rotatable bonds is 15. The van der Waals surface area contributed by atoms with Crippen LogP contribution in [0.4, 0.5) is 0 Å². The van der Waals surface area contributed by atoms with Gasteiger partial charge < -0.3 is 19.5 Å². The average molecular weight is 588 g/mol. The maximum atomic E-state index is 13.7. The van der Waals surface area contributed by atoms with Gasteiger partial charge in [0.25, 0.3) is 0 Å². The third-order valence-corrected chi connectivity index (χ3v) is 8.43. The van der Waals surface area contributed by atoms with Crippen LogP contribution in [0, 0.1) is 0 Å². The summed E-state index contributed by atoms with van der Waals surface area (Å²) < 4.78 is 8.53. The molecule has 5 aromatic rings. The van der Waals surface area contributed by atoms with Crippen LogP contribution in [-0.2, 0) is 11.3 Å². The van der Waals surface area contributed by atoms with Crippen LogP contribution in [0.3, 0.4) is 0 Å². The van der Waals surface area contributed by atoms with Crippen molar-refractivity contribution < 1.29 is 9.53 Å². The van der Waals surface area contributed by atoms with Crippen LogP contribution < -0.4 is 10.1 Å². The molecule has 5 nitrogen and oxygen atoms in total. The van der Waals surface area contributed by atoms with E-state index in [-0.39, 0.29) is 17.9 Å². The van der Waals surface area contributed by atoms with Gasteiger partial charge >= 0.3 is 0 Å². The summed E-state index contributed by atoms with van der Waals surface area (Å²) in [4.78, 5) is 16.1. The van der Waals surface area contributed by atoms with Crippen molar-refractivity contribution in [1.29, 1.82) is 0 Å². The van der Waals surface area contributed by atoms with E-state index in [1.54, 1.807) is 0 Å². The number of nitrogens with one attached hydrogen (secondary N) is 1. The minimum atomic E-state index is -0.140. The molecule has 0 aliphatic rings. The lowest BCUT2D eigenvalue weighted by molar-refractivity contribution is -0.121. The van der Waals surface area contributed by atoms with Gasteiger partial charge in [-0.05, 0) is 86.4 Å². The molecule has 0 bridgehead atoms. The largest absolute Gasteiger partial charge is 0.457 e. The van der Waals surface area contributed by atoms with E-state index in [0.29, 0.717) is 6.42 Å². The van der Waals surface area contributed by atoms with Gasteiger partial charge in [-0.25, -0.2) is 0 Å². The molecule has 44 heavy (non-hydrogen) atoms. The number of benzene rings is 4. The molecule has 0 saturated heterocycles. The first-order valence-corrected chi connectivity index (χ1v) is 16.0. The predicted octanol–water partition coefficient (Wildman–Crippen LogP) is 8.63. The highest BCUT2D eigenvalue weighted by Crippen LogP contribution is 2.37. The fraction of sp³-hybridized carbons (Fsp3) is 0.308. The molecule has 0 saturated carbocycles. The van der Waals surface area contributed by atoms with Gasteiger partial charge in [-0.1, -0.05) is 92.7 Å².